The van der Waals surface area contributed by atoms with Crippen molar-refractivity contribution in [3.63, 3.8) is 0 Å². The number of piperidine rings is 1. The van der Waals surface area contributed by atoms with E-state index in [1.54, 1.807) is 6.07 Å². The number of aromatic nitrogens is 2. The third-order valence-corrected chi connectivity index (χ3v) is 5.37. The Balaban J connectivity index is 1.44. The fourth-order valence-electron chi connectivity index (χ4n) is 3.70. The molecule has 164 valence electrons. The van der Waals surface area contributed by atoms with Crippen molar-refractivity contribution in [2.45, 2.75) is 25.1 Å². The first-order chi connectivity index (χ1) is 15.2. The lowest BCUT2D eigenvalue weighted by Crippen LogP contribution is -2.39. The number of alkyl halides is 3. The Morgan fingerprint density at radius 3 is 2.53 bits per heavy atom. The van der Waals surface area contributed by atoms with Crippen molar-refractivity contribution < 1.29 is 18.1 Å². The van der Waals surface area contributed by atoms with Crippen LogP contribution in [-0.2, 0) is 6.18 Å². The van der Waals surface area contributed by atoms with Crippen molar-refractivity contribution in [1.82, 2.24) is 9.97 Å². The first-order valence-electron chi connectivity index (χ1n) is 9.78. The van der Waals surface area contributed by atoms with Crippen LogP contribution in [0.1, 0.15) is 24.0 Å². The van der Waals surface area contributed by atoms with Crippen molar-refractivity contribution in [2.24, 2.45) is 0 Å². The van der Waals surface area contributed by atoms with Crippen molar-refractivity contribution in [2.75, 3.05) is 23.3 Å². The number of anilines is 2. The summed E-state index contributed by atoms with van der Waals surface area (Å²) in [6, 6.07) is 10.3. The number of fused-ring (bicyclic) bond motifs is 1. The summed E-state index contributed by atoms with van der Waals surface area (Å²) in [5.41, 5.74) is -0.129. The van der Waals surface area contributed by atoms with Crippen LogP contribution in [0.5, 0.6) is 0 Å². The summed E-state index contributed by atoms with van der Waals surface area (Å²) in [6.45, 7) is 1.20. The van der Waals surface area contributed by atoms with Gasteiger partial charge in [-0.2, -0.15) is 18.4 Å². The second kappa shape index (κ2) is 8.30. The minimum atomic E-state index is -4.41. The summed E-state index contributed by atoms with van der Waals surface area (Å²) < 4.78 is 38.1. The van der Waals surface area contributed by atoms with Gasteiger partial charge in [0.05, 0.1) is 27.6 Å². The average Bonchev–Trinajstić information content (AvgIpc) is 2.78. The molecule has 8 nitrogen and oxygen atoms in total. The fraction of sp³-hybridized carbons (Fsp3) is 0.286. The summed E-state index contributed by atoms with van der Waals surface area (Å²) in [5, 5.41) is 24.2. The molecule has 1 saturated heterocycles. The number of benzene rings is 1. The molecule has 2 aromatic heterocycles. The van der Waals surface area contributed by atoms with Gasteiger partial charge in [0.2, 0.25) is 0 Å². The summed E-state index contributed by atoms with van der Waals surface area (Å²) in [4.78, 5) is 20.8. The number of hydrogen-bond donors (Lipinski definition) is 1. The van der Waals surface area contributed by atoms with Crippen molar-refractivity contribution in [3.8, 4) is 6.07 Å². The third kappa shape index (κ3) is 4.39. The number of nitriles is 1. The molecular formula is C21H17F3N6O2. The highest BCUT2D eigenvalue weighted by Gasteiger charge is 2.31. The number of nitrogens with zero attached hydrogens (tertiary/aromatic N) is 5. The molecule has 3 aromatic rings. The maximum Gasteiger partial charge on any atom is 0.417 e. The summed E-state index contributed by atoms with van der Waals surface area (Å²) in [6.07, 6.45) is -2.18. The Kier molecular flexibility index (Phi) is 5.52. The lowest BCUT2D eigenvalue weighted by Gasteiger charge is -2.33. The molecule has 1 fully saturated rings. The molecule has 1 aromatic carbocycles. The number of hydrogen-bond acceptors (Lipinski definition) is 7. The second-order valence-electron chi connectivity index (χ2n) is 7.43. The number of halogens is 3. The number of nitro groups is 1. The smallest absolute Gasteiger partial charge is 0.367 e. The van der Waals surface area contributed by atoms with E-state index >= 15 is 0 Å². The monoisotopic (exact) mass is 442 g/mol. The van der Waals surface area contributed by atoms with E-state index in [-0.39, 0.29) is 17.3 Å². The molecule has 1 aliphatic heterocycles. The summed E-state index contributed by atoms with van der Waals surface area (Å²) in [7, 11) is 0. The largest absolute Gasteiger partial charge is 0.417 e. The van der Waals surface area contributed by atoms with Crippen molar-refractivity contribution in [3.05, 3.63) is 63.8 Å². The van der Waals surface area contributed by atoms with Gasteiger partial charge in [-0.1, -0.05) is 0 Å². The van der Waals surface area contributed by atoms with Crippen LogP contribution in [0.4, 0.5) is 30.5 Å². The Morgan fingerprint density at radius 1 is 1.19 bits per heavy atom. The highest BCUT2D eigenvalue weighted by molar-refractivity contribution is 5.88. The maximum absolute atomic E-state index is 12.7. The predicted octanol–water partition coefficient (Wildman–Crippen LogP) is 4.51. The quantitative estimate of drug-likeness (QED) is 0.468. The summed E-state index contributed by atoms with van der Waals surface area (Å²) >= 11 is 0. The van der Waals surface area contributed by atoms with Gasteiger partial charge in [0.1, 0.15) is 11.6 Å². The number of nitrogens with one attached hydrogen (secondary N) is 1. The molecular weight excluding hydrogens is 425 g/mol. The zero-order valence-corrected chi connectivity index (χ0v) is 16.6. The van der Waals surface area contributed by atoms with E-state index in [4.69, 9.17) is 0 Å². The molecule has 0 spiro atoms. The van der Waals surface area contributed by atoms with Gasteiger partial charge in [-0.25, -0.2) is 9.97 Å². The average molecular weight is 442 g/mol. The van der Waals surface area contributed by atoms with Crippen LogP contribution in [0.3, 0.4) is 0 Å². The van der Waals surface area contributed by atoms with Crippen molar-refractivity contribution >= 4 is 28.2 Å². The minimum Gasteiger partial charge on any atom is -0.367 e. The normalized spacial score (nSPS) is 14.9. The van der Waals surface area contributed by atoms with Gasteiger partial charge in [0.25, 0.3) is 5.69 Å². The molecule has 1 N–H and O–H groups in total. The maximum atomic E-state index is 12.7. The van der Waals surface area contributed by atoms with Gasteiger partial charge in [0.15, 0.2) is 0 Å². The van der Waals surface area contributed by atoms with Gasteiger partial charge in [-0.05, 0) is 37.1 Å². The van der Waals surface area contributed by atoms with Crippen LogP contribution in [0.2, 0.25) is 0 Å². The van der Waals surface area contributed by atoms with E-state index in [9.17, 15) is 28.5 Å². The molecule has 0 unspecified atom stereocenters. The molecule has 32 heavy (non-hydrogen) atoms. The molecule has 0 aliphatic carbocycles. The van der Waals surface area contributed by atoms with E-state index in [1.165, 1.54) is 24.3 Å². The summed E-state index contributed by atoms with van der Waals surface area (Å²) in [5.74, 6) is 0.989. The van der Waals surface area contributed by atoms with Crippen LogP contribution in [-0.4, -0.2) is 34.0 Å². The molecule has 0 radical (unpaired) electrons. The Hall–Kier alpha value is -3.94. The zero-order chi connectivity index (χ0) is 22.9. The van der Waals surface area contributed by atoms with E-state index in [2.05, 4.69) is 21.4 Å². The van der Waals surface area contributed by atoms with Gasteiger partial charge in [-0.15, -0.1) is 0 Å². The molecule has 0 saturated carbocycles. The Labute approximate surface area is 180 Å². The molecule has 11 heteroatoms. The lowest BCUT2D eigenvalue weighted by molar-refractivity contribution is -0.384. The predicted molar refractivity (Wildman–Crippen MR) is 111 cm³/mol. The standard InChI is InChI=1S/C21H17F3N6O2/c22-21(23,24)14-1-4-20(26-12-14)29-7-5-15(6-8-29)27-19-9-13(11-25)17-10-16(30(31)32)2-3-18(17)28-19/h1-4,9-10,12,15H,5-8H2,(H,27,28). The van der Waals surface area contributed by atoms with Gasteiger partial charge in [0, 0.05) is 42.8 Å². The molecule has 0 amide bonds. The number of rotatable bonds is 4. The number of pyridine rings is 2. The van der Waals surface area contributed by atoms with Gasteiger partial charge in [-0.3, -0.25) is 10.1 Å². The van der Waals surface area contributed by atoms with Gasteiger partial charge >= 0.3 is 6.18 Å². The molecule has 0 bridgehead atoms. The number of non-ortho nitro benzene ring substituents is 1. The third-order valence-electron chi connectivity index (χ3n) is 5.37. The van der Waals surface area contributed by atoms with Crippen molar-refractivity contribution in [1.29, 1.82) is 5.26 Å². The van der Waals surface area contributed by atoms with E-state index in [0.29, 0.717) is 48.5 Å². The van der Waals surface area contributed by atoms with Crippen LogP contribution in [0.25, 0.3) is 10.9 Å². The SMILES string of the molecule is N#Cc1cc(NC2CCN(c3ccc(C(F)(F)F)cn3)CC2)nc2ccc([N+](=O)[O-])cc12. The zero-order valence-electron chi connectivity index (χ0n) is 16.6. The minimum absolute atomic E-state index is 0.0511. The lowest BCUT2D eigenvalue weighted by atomic mass is 10.0. The molecule has 4 rings (SSSR count). The second-order valence-corrected chi connectivity index (χ2v) is 7.43. The van der Waals surface area contributed by atoms with Crippen LogP contribution in [0, 0.1) is 21.4 Å². The highest BCUT2D eigenvalue weighted by Crippen LogP contribution is 2.30. The molecule has 0 atom stereocenters. The van der Waals surface area contributed by atoms with Crippen LogP contribution < -0.4 is 10.2 Å². The highest BCUT2D eigenvalue weighted by atomic mass is 19.4. The Morgan fingerprint density at radius 2 is 1.94 bits per heavy atom. The molecule has 1 aliphatic rings. The van der Waals surface area contributed by atoms with E-state index in [1.807, 2.05) is 4.90 Å². The Bertz CT molecular complexity index is 1200. The fourth-order valence-corrected chi connectivity index (χ4v) is 3.70. The number of nitro benzene ring substituents is 1. The van der Waals surface area contributed by atoms with Crippen LogP contribution in [0.15, 0.2) is 42.6 Å². The van der Waals surface area contributed by atoms with Gasteiger partial charge < -0.3 is 10.2 Å². The molecule has 3 heterocycles. The topological polar surface area (TPSA) is 108 Å². The first-order valence-corrected chi connectivity index (χ1v) is 9.78. The van der Waals surface area contributed by atoms with E-state index < -0.39 is 16.7 Å². The van der Waals surface area contributed by atoms with E-state index in [0.717, 1.165) is 12.3 Å². The first kappa shape index (κ1) is 21.3. The van der Waals surface area contributed by atoms with Crippen LogP contribution >= 0.6 is 0 Å².